The molecule has 3 heteroatoms. The van der Waals surface area contributed by atoms with E-state index in [2.05, 4.69) is 38.4 Å². The van der Waals surface area contributed by atoms with Gasteiger partial charge >= 0.3 is 0 Å². The fourth-order valence-corrected chi connectivity index (χ4v) is 5.17. The Morgan fingerprint density at radius 1 is 1.33 bits per heavy atom. The fourth-order valence-electron chi connectivity index (χ4n) is 4.09. The van der Waals surface area contributed by atoms with Crippen LogP contribution in [0.25, 0.3) is 0 Å². The van der Waals surface area contributed by atoms with Crippen molar-refractivity contribution in [2.45, 2.75) is 71.3 Å². The van der Waals surface area contributed by atoms with Gasteiger partial charge in [-0.05, 0) is 43.6 Å². The summed E-state index contributed by atoms with van der Waals surface area (Å²) in [6.45, 7) is 10.2. The van der Waals surface area contributed by atoms with Crippen molar-refractivity contribution < 1.29 is 0 Å². The predicted octanol–water partition coefficient (Wildman–Crippen LogP) is 4.40. The summed E-state index contributed by atoms with van der Waals surface area (Å²) in [5.74, 6) is 3.00. The molecule has 2 fully saturated rings. The average Bonchev–Trinajstić information content (AvgIpc) is 2.86. The third-order valence-corrected chi connectivity index (χ3v) is 6.18. The van der Waals surface area contributed by atoms with Crippen LogP contribution in [-0.2, 0) is 11.8 Å². The molecule has 1 aromatic heterocycles. The molecule has 3 unspecified atom stereocenters. The lowest BCUT2D eigenvalue weighted by atomic mass is 9.93. The number of aromatic nitrogens is 1. The van der Waals surface area contributed by atoms with Crippen molar-refractivity contribution in [2.24, 2.45) is 17.8 Å². The first-order chi connectivity index (χ1) is 10.0. The van der Waals surface area contributed by atoms with Gasteiger partial charge in [-0.1, -0.05) is 34.1 Å². The van der Waals surface area contributed by atoms with E-state index >= 15 is 0 Å². The molecule has 3 atom stereocenters. The fraction of sp³-hybridized carbons (Fsp3) is 0.833. The summed E-state index contributed by atoms with van der Waals surface area (Å²) in [6.07, 6.45) is 6.79. The van der Waals surface area contributed by atoms with Crippen LogP contribution in [0.3, 0.4) is 0 Å². The monoisotopic (exact) mass is 306 g/mol. The maximum atomic E-state index is 4.91. The van der Waals surface area contributed by atoms with E-state index < -0.39 is 0 Å². The Morgan fingerprint density at radius 2 is 2.05 bits per heavy atom. The molecule has 0 spiro atoms. The minimum atomic E-state index is 0.178. The van der Waals surface area contributed by atoms with Crippen molar-refractivity contribution in [2.75, 3.05) is 6.54 Å². The summed E-state index contributed by atoms with van der Waals surface area (Å²) in [5.41, 5.74) is 1.43. The Balaban J connectivity index is 1.65. The van der Waals surface area contributed by atoms with Crippen molar-refractivity contribution in [3.05, 3.63) is 16.1 Å². The van der Waals surface area contributed by atoms with Crippen LogP contribution in [0.4, 0.5) is 0 Å². The molecule has 0 bridgehead atoms. The molecule has 1 N–H and O–H groups in total. The van der Waals surface area contributed by atoms with Gasteiger partial charge in [-0.25, -0.2) is 4.98 Å². The standard InChI is InChI=1S/C18H30N2S/c1-5-9-19-14(17-12-7-6-8-13(12)17)10-16-20-15(11-21-16)18(2,3)4/h11-14,17,19H,5-10H2,1-4H3. The van der Waals surface area contributed by atoms with Gasteiger partial charge in [-0.3, -0.25) is 0 Å². The van der Waals surface area contributed by atoms with Gasteiger partial charge in [-0.15, -0.1) is 11.3 Å². The van der Waals surface area contributed by atoms with Crippen molar-refractivity contribution in [1.29, 1.82) is 0 Å². The number of nitrogens with one attached hydrogen (secondary N) is 1. The van der Waals surface area contributed by atoms with Crippen molar-refractivity contribution in [3.63, 3.8) is 0 Å². The SMILES string of the molecule is CCCNC(Cc1nc(C(C)(C)C)cs1)C1C2CCCC21. The molecule has 2 aliphatic rings. The van der Waals surface area contributed by atoms with Gasteiger partial charge in [-0.2, -0.15) is 0 Å². The predicted molar refractivity (Wildman–Crippen MR) is 90.9 cm³/mol. The molecule has 3 rings (SSSR count). The van der Waals surface area contributed by atoms with Crippen LogP contribution in [0, 0.1) is 17.8 Å². The van der Waals surface area contributed by atoms with E-state index in [0.29, 0.717) is 6.04 Å². The molecule has 118 valence electrons. The number of hydrogen-bond acceptors (Lipinski definition) is 3. The third kappa shape index (κ3) is 3.34. The van der Waals surface area contributed by atoms with E-state index in [1.54, 1.807) is 0 Å². The Kier molecular flexibility index (Phi) is 4.42. The zero-order valence-electron chi connectivity index (χ0n) is 14.0. The molecule has 1 heterocycles. The Hall–Kier alpha value is -0.410. The van der Waals surface area contributed by atoms with E-state index in [4.69, 9.17) is 4.98 Å². The van der Waals surface area contributed by atoms with Gasteiger partial charge in [0.25, 0.3) is 0 Å². The highest BCUT2D eigenvalue weighted by Crippen LogP contribution is 2.59. The van der Waals surface area contributed by atoms with Gasteiger partial charge in [0, 0.05) is 23.3 Å². The summed E-state index contributed by atoms with van der Waals surface area (Å²) < 4.78 is 0. The molecule has 1 aromatic rings. The van der Waals surface area contributed by atoms with E-state index in [-0.39, 0.29) is 5.41 Å². The minimum Gasteiger partial charge on any atom is -0.313 e. The number of rotatable bonds is 6. The van der Waals surface area contributed by atoms with Crippen LogP contribution in [0.15, 0.2) is 5.38 Å². The molecule has 21 heavy (non-hydrogen) atoms. The molecule has 0 amide bonds. The lowest BCUT2D eigenvalue weighted by molar-refractivity contribution is 0.402. The molecule has 0 radical (unpaired) electrons. The van der Waals surface area contributed by atoms with Crippen molar-refractivity contribution >= 4 is 11.3 Å². The maximum absolute atomic E-state index is 4.91. The topological polar surface area (TPSA) is 24.9 Å². The smallest absolute Gasteiger partial charge is 0.0944 e. The van der Waals surface area contributed by atoms with Crippen LogP contribution in [0.5, 0.6) is 0 Å². The molecule has 0 aromatic carbocycles. The first-order valence-electron chi connectivity index (χ1n) is 8.69. The summed E-state index contributed by atoms with van der Waals surface area (Å²) in [5, 5.41) is 7.42. The molecule has 0 saturated heterocycles. The second-order valence-electron chi connectivity index (χ2n) is 7.98. The summed E-state index contributed by atoms with van der Waals surface area (Å²) in [4.78, 5) is 4.91. The van der Waals surface area contributed by atoms with E-state index in [1.807, 2.05) is 11.3 Å². The van der Waals surface area contributed by atoms with Crippen LogP contribution >= 0.6 is 11.3 Å². The number of fused-ring (bicyclic) bond motifs is 1. The summed E-state index contributed by atoms with van der Waals surface area (Å²) >= 11 is 1.86. The second-order valence-corrected chi connectivity index (χ2v) is 8.92. The first-order valence-corrected chi connectivity index (χ1v) is 9.57. The number of hydrogen-bond donors (Lipinski definition) is 1. The highest BCUT2D eigenvalue weighted by atomic mass is 32.1. The summed E-state index contributed by atoms with van der Waals surface area (Å²) in [6, 6.07) is 0.666. The minimum absolute atomic E-state index is 0.178. The number of nitrogens with zero attached hydrogens (tertiary/aromatic N) is 1. The lowest BCUT2D eigenvalue weighted by Crippen LogP contribution is -2.35. The Labute approximate surface area is 133 Å². The van der Waals surface area contributed by atoms with Crippen LogP contribution < -0.4 is 5.32 Å². The average molecular weight is 307 g/mol. The Morgan fingerprint density at radius 3 is 2.62 bits per heavy atom. The van der Waals surface area contributed by atoms with Crippen LogP contribution in [0.2, 0.25) is 0 Å². The normalized spacial score (nSPS) is 29.4. The van der Waals surface area contributed by atoms with E-state index in [0.717, 1.165) is 30.7 Å². The van der Waals surface area contributed by atoms with Gasteiger partial charge in [0.1, 0.15) is 0 Å². The van der Waals surface area contributed by atoms with Gasteiger partial charge in [0.05, 0.1) is 10.7 Å². The highest BCUT2D eigenvalue weighted by molar-refractivity contribution is 7.09. The number of thiazole rings is 1. The van der Waals surface area contributed by atoms with Crippen molar-refractivity contribution in [3.8, 4) is 0 Å². The third-order valence-electron chi connectivity index (χ3n) is 5.31. The van der Waals surface area contributed by atoms with E-state index in [9.17, 15) is 0 Å². The van der Waals surface area contributed by atoms with Crippen LogP contribution in [0.1, 0.15) is 64.1 Å². The maximum Gasteiger partial charge on any atom is 0.0944 e. The molecule has 2 saturated carbocycles. The largest absolute Gasteiger partial charge is 0.313 e. The quantitative estimate of drug-likeness (QED) is 0.842. The summed E-state index contributed by atoms with van der Waals surface area (Å²) in [7, 11) is 0. The Bertz CT molecular complexity index is 464. The highest BCUT2D eigenvalue weighted by Gasteiger charge is 2.55. The lowest BCUT2D eigenvalue weighted by Gasteiger charge is -2.19. The molecule has 2 aliphatic carbocycles. The van der Waals surface area contributed by atoms with E-state index in [1.165, 1.54) is 36.4 Å². The van der Waals surface area contributed by atoms with Crippen LogP contribution in [-0.4, -0.2) is 17.6 Å². The second kappa shape index (κ2) is 6.00. The van der Waals surface area contributed by atoms with Crippen molar-refractivity contribution in [1.82, 2.24) is 10.3 Å². The zero-order chi connectivity index (χ0) is 15.0. The van der Waals surface area contributed by atoms with Gasteiger partial charge < -0.3 is 5.32 Å². The van der Waals surface area contributed by atoms with Gasteiger partial charge in [0.2, 0.25) is 0 Å². The molecular weight excluding hydrogens is 276 g/mol. The zero-order valence-corrected chi connectivity index (χ0v) is 14.8. The molecule has 0 aliphatic heterocycles. The molecule has 2 nitrogen and oxygen atoms in total. The van der Waals surface area contributed by atoms with Gasteiger partial charge in [0.15, 0.2) is 0 Å². The molecular formula is C18H30N2S. The first kappa shape index (κ1) is 15.5.